The second-order valence-corrected chi connectivity index (χ2v) is 5.82. The van der Waals surface area contributed by atoms with Crippen molar-refractivity contribution in [3.05, 3.63) is 28.0 Å². The molecule has 0 radical (unpaired) electrons. The van der Waals surface area contributed by atoms with Gasteiger partial charge in [-0.3, -0.25) is 15.0 Å². The van der Waals surface area contributed by atoms with Crippen LogP contribution in [0.15, 0.2) is 16.5 Å². The lowest BCUT2D eigenvalue weighted by Gasteiger charge is -2.30. The molecular weight excluding hydrogens is 270 g/mol. The molecule has 0 spiro atoms. The van der Waals surface area contributed by atoms with Gasteiger partial charge in [0.15, 0.2) is 0 Å². The van der Waals surface area contributed by atoms with Gasteiger partial charge in [0, 0.05) is 0 Å². The zero-order valence-electron chi connectivity index (χ0n) is 12.9. The van der Waals surface area contributed by atoms with Crippen molar-refractivity contribution in [2.24, 2.45) is 5.92 Å². The Hall–Kier alpha value is -1.40. The first-order valence-electron chi connectivity index (χ1n) is 7.78. The van der Waals surface area contributed by atoms with Gasteiger partial charge >= 0.3 is 5.88 Å². The fourth-order valence-corrected chi connectivity index (χ4v) is 3.15. The van der Waals surface area contributed by atoms with Gasteiger partial charge in [-0.25, -0.2) is 0 Å². The van der Waals surface area contributed by atoms with Crippen LogP contribution in [-0.4, -0.2) is 36.5 Å². The van der Waals surface area contributed by atoms with Crippen LogP contribution in [0, 0.1) is 16.0 Å². The quantitative estimate of drug-likeness (QED) is 0.496. The molecule has 118 valence electrons. The molecule has 1 saturated heterocycles. The third-order valence-corrected chi connectivity index (χ3v) is 4.17. The topological polar surface area (TPSA) is 71.5 Å². The first-order valence-corrected chi connectivity index (χ1v) is 7.78. The van der Waals surface area contributed by atoms with E-state index in [1.165, 1.54) is 18.9 Å². The Morgan fingerprint density at radius 3 is 2.95 bits per heavy atom. The Labute approximate surface area is 125 Å². The van der Waals surface area contributed by atoms with Crippen LogP contribution in [0.4, 0.5) is 5.88 Å². The van der Waals surface area contributed by atoms with E-state index in [1.807, 2.05) is 0 Å². The van der Waals surface area contributed by atoms with Gasteiger partial charge in [0.05, 0.1) is 12.1 Å². The average molecular weight is 295 g/mol. The van der Waals surface area contributed by atoms with E-state index < -0.39 is 4.92 Å². The van der Waals surface area contributed by atoms with Crippen LogP contribution in [0.5, 0.6) is 0 Å². The molecule has 2 rings (SSSR count). The summed E-state index contributed by atoms with van der Waals surface area (Å²) in [5.74, 6) is 0.979. The second-order valence-electron chi connectivity index (χ2n) is 5.82. The van der Waals surface area contributed by atoms with Crippen LogP contribution in [-0.2, 0) is 0 Å². The van der Waals surface area contributed by atoms with Crippen molar-refractivity contribution in [2.75, 3.05) is 26.7 Å². The van der Waals surface area contributed by atoms with Crippen LogP contribution in [0.3, 0.4) is 0 Å². The highest BCUT2D eigenvalue weighted by molar-refractivity contribution is 5.20. The number of rotatable bonds is 6. The van der Waals surface area contributed by atoms with Crippen LogP contribution >= 0.6 is 0 Å². The number of furan rings is 1. The fraction of sp³-hybridized carbons (Fsp3) is 0.733. The molecule has 1 aliphatic heterocycles. The second kappa shape index (κ2) is 7.56. The minimum Gasteiger partial charge on any atom is -0.404 e. The third-order valence-electron chi connectivity index (χ3n) is 4.17. The highest BCUT2D eigenvalue weighted by atomic mass is 16.6. The third kappa shape index (κ3) is 4.04. The maximum atomic E-state index is 10.8. The number of hydrogen-bond donors (Lipinski definition) is 1. The number of nitro groups is 1. The van der Waals surface area contributed by atoms with E-state index in [1.54, 1.807) is 6.07 Å². The van der Waals surface area contributed by atoms with Crippen molar-refractivity contribution >= 4 is 5.88 Å². The molecule has 0 bridgehead atoms. The fourth-order valence-electron chi connectivity index (χ4n) is 3.15. The van der Waals surface area contributed by atoms with Crippen molar-refractivity contribution in [1.82, 2.24) is 10.2 Å². The van der Waals surface area contributed by atoms with E-state index >= 15 is 0 Å². The van der Waals surface area contributed by atoms with Crippen LogP contribution in [0.1, 0.15) is 44.4 Å². The summed E-state index contributed by atoms with van der Waals surface area (Å²) < 4.78 is 5.48. The predicted molar refractivity (Wildman–Crippen MR) is 81.2 cm³/mol. The lowest BCUT2D eigenvalue weighted by atomic mass is 9.93. The molecule has 0 amide bonds. The van der Waals surface area contributed by atoms with Gasteiger partial charge in [-0.2, -0.15) is 0 Å². The molecule has 2 atom stereocenters. The number of likely N-dealkylation sites (tertiary alicyclic amines) is 1. The Bertz CT molecular complexity index is 461. The number of nitrogens with one attached hydrogen (secondary N) is 1. The van der Waals surface area contributed by atoms with Crippen molar-refractivity contribution in [3.8, 4) is 0 Å². The molecule has 6 nitrogen and oxygen atoms in total. The first-order chi connectivity index (χ1) is 10.1. The summed E-state index contributed by atoms with van der Waals surface area (Å²) in [6.07, 6.45) is 4.60. The molecule has 1 aromatic heterocycles. The van der Waals surface area contributed by atoms with Crippen molar-refractivity contribution in [3.63, 3.8) is 0 Å². The minimum absolute atomic E-state index is 0.116. The molecule has 1 aliphatic rings. The Kier molecular flexibility index (Phi) is 5.76. The summed E-state index contributed by atoms with van der Waals surface area (Å²) in [5, 5.41) is 14.3. The molecule has 0 saturated carbocycles. The van der Waals surface area contributed by atoms with E-state index in [-0.39, 0.29) is 11.9 Å². The molecule has 0 aromatic carbocycles. The van der Waals surface area contributed by atoms with E-state index in [4.69, 9.17) is 4.42 Å². The average Bonchev–Trinajstić information content (AvgIpc) is 2.86. The summed E-state index contributed by atoms with van der Waals surface area (Å²) in [6, 6.07) is 3.34. The maximum absolute atomic E-state index is 10.8. The van der Waals surface area contributed by atoms with Crippen molar-refractivity contribution in [1.29, 1.82) is 0 Å². The van der Waals surface area contributed by atoms with Crippen molar-refractivity contribution in [2.45, 2.75) is 38.6 Å². The first kappa shape index (κ1) is 16.0. The summed E-state index contributed by atoms with van der Waals surface area (Å²) in [4.78, 5) is 12.6. The molecule has 6 heteroatoms. The molecule has 1 aromatic rings. The molecule has 2 unspecified atom stereocenters. The molecule has 2 heterocycles. The van der Waals surface area contributed by atoms with Gasteiger partial charge in [0.25, 0.3) is 0 Å². The van der Waals surface area contributed by atoms with E-state index in [0.717, 1.165) is 38.2 Å². The van der Waals surface area contributed by atoms with Gasteiger partial charge < -0.3 is 9.73 Å². The van der Waals surface area contributed by atoms with Crippen LogP contribution < -0.4 is 5.32 Å². The lowest BCUT2D eigenvalue weighted by molar-refractivity contribution is -0.402. The SMILES string of the molecule is CCCNCC1CCCCN(C)C1c1ccc([N+](=O)[O-])o1. The van der Waals surface area contributed by atoms with Gasteiger partial charge in [0.1, 0.15) is 10.7 Å². The number of hydrogen-bond acceptors (Lipinski definition) is 5. The maximum Gasteiger partial charge on any atom is 0.433 e. The van der Waals surface area contributed by atoms with Crippen LogP contribution in [0.25, 0.3) is 0 Å². The van der Waals surface area contributed by atoms with Crippen molar-refractivity contribution < 1.29 is 9.34 Å². The standard InChI is InChI=1S/C15H25N3O3/c1-3-9-16-11-12-6-4-5-10-17(2)15(12)13-7-8-14(21-13)18(19)20/h7-8,12,15-16H,3-6,9-11H2,1-2H3. The summed E-state index contributed by atoms with van der Waals surface area (Å²) in [6.45, 7) is 5.09. The monoisotopic (exact) mass is 295 g/mol. The molecule has 0 aliphatic carbocycles. The van der Waals surface area contributed by atoms with Gasteiger partial charge in [0.2, 0.25) is 0 Å². The smallest absolute Gasteiger partial charge is 0.404 e. The van der Waals surface area contributed by atoms with E-state index in [9.17, 15) is 10.1 Å². The zero-order valence-corrected chi connectivity index (χ0v) is 12.9. The van der Waals surface area contributed by atoms with E-state index in [2.05, 4.69) is 24.2 Å². The molecule has 1 N–H and O–H groups in total. The predicted octanol–water partition coefficient (Wildman–Crippen LogP) is 2.96. The van der Waals surface area contributed by atoms with E-state index in [0.29, 0.717) is 5.92 Å². The highest BCUT2D eigenvalue weighted by Gasteiger charge is 2.32. The molecular formula is C15H25N3O3. The van der Waals surface area contributed by atoms with Gasteiger partial charge in [-0.1, -0.05) is 13.3 Å². The Morgan fingerprint density at radius 2 is 2.29 bits per heavy atom. The van der Waals surface area contributed by atoms with Gasteiger partial charge in [-0.15, -0.1) is 0 Å². The highest BCUT2D eigenvalue weighted by Crippen LogP contribution is 2.36. The molecule has 21 heavy (non-hydrogen) atoms. The molecule has 1 fully saturated rings. The Morgan fingerprint density at radius 1 is 1.48 bits per heavy atom. The normalized spacial score (nSPS) is 23.9. The summed E-state index contributed by atoms with van der Waals surface area (Å²) in [7, 11) is 2.08. The largest absolute Gasteiger partial charge is 0.433 e. The Balaban J connectivity index is 2.16. The zero-order chi connectivity index (χ0) is 15.2. The van der Waals surface area contributed by atoms with Gasteiger partial charge in [-0.05, 0) is 57.9 Å². The summed E-state index contributed by atoms with van der Waals surface area (Å²) >= 11 is 0. The lowest BCUT2D eigenvalue weighted by Crippen LogP contribution is -2.35. The van der Waals surface area contributed by atoms with Crippen LogP contribution in [0.2, 0.25) is 0 Å². The number of nitrogens with zero attached hydrogens (tertiary/aromatic N) is 2. The summed E-state index contributed by atoms with van der Waals surface area (Å²) in [5.41, 5.74) is 0. The minimum atomic E-state index is -0.468.